The molecule has 0 amide bonds. The van der Waals surface area contributed by atoms with Gasteiger partial charge in [-0.3, -0.25) is 0 Å². The molecule has 0 aromatic rings. The fourth-order valence-electron chi connectivity index (χ4n) is 1.41. The Balaban J connectivity index is 3.60. The molecule has 0 radical (unpaired) electrons. The highest BCUT2D eigenvalue weighted by Gasteiger charge is 2.41. The lowest BCUT2D eigenvalue weighted by atomic mass is 10.2. The summed E-state index contributed by atoms with van der Waals surface area (Å²) >= 11 is 0. The van der Waals surface area contributed by atoms with E-state index < -0.39 is 8.07 Å². The average Bonchev–Trinajstić information content (AvgIpc) is 2.35. The molecule has 1 unspecified atom stereocenters. The van der Waals surface area contributed by atoms with Crippen LogP contribution in [0.25, 0.3) is 0 Å². The van der Waals surface area contributed by atoms with Crippen molar-refractivity contribution in [2.45, 2.75) is 44.6 Å². The Morgan fingerprint density at radius 1 is 0.900 bits per heavy atom. The average molecular weight is 308 g/mol. The molecule has 2 N–H and O–H groups in total. The van der Waals surface area contributed by atoms with Gasteiger partial charge in [0.2, 0.25) is 0 Å². The fourth-order valence-corrected chi connectivity index (χ4v) is 2.94. The Labute approximate surface area is 124 Å². The summed E-state index contributed by atoms with van der Waals surface area (Å²) in [4.78, 5) is 0. The maximum absolute atomic E-state index is 10.3. The first kappa shape index (κ1) is 20.0. The Hall–Kier alpha value is 0.0169. The van der Waals surface area contributed by atoms with Crippen molar-refractivity contribution >= 4 is 8.07 Å². The van der Waals surface area contributed by atoms with Gasteiger partial charge in [0, 0.05) is 0 Å². The summed E-state index contributed by atoms with van der Waals surface area (Å²) in [6.45, 7) is 13.6. The van der Waals surface area contributed by atoms with Gasteiger partial charge < -0.3 is 24.4 Å². The Morgan fingerprint density at radius 3 is 1.80 bits per heavy atom. The number of rotatable bonds is 11. The van der Waals surface area contributed by atoms with Crippen molar-refractivity contribution in [2.75, 3.05) is 46.2 Å². The van der Waals surface area contributed by atoms with E-state index in [1.54, 1.807) is 0 Å². The number of hydrogen-bond donors (Lipinski definition) is 2. The number of hydrogen-bond acceptors (Lipinski definition) is 5. The molecule has 0 spiro atoms. The lowest BCUT2D eigenvalue weighted by Crippen LogP contribution is -2.51. The molecule has 0 fully saturated rings. The van der Waals surface area contributed by atoms with Crippen molar-refractivity contribution in [3.8, 4) is 0 Å². The van der Waals surface area contributed by atoms with Gasteiger partial charge in [0.15, 0.2) is 0 Å². The predicted molar refractivity (Wildman–Crippen MR) is 82.7 cm³/mol. The highest BCUT2D eigenvalue weighted by atomic mass is 28.3. The highest BCUT2D eigenvalue weighted by Crippen LogP contribution is 2.38. The van der Waals surface area contributed by atoms with E-state index in [9.17, 15) is 5.11 Å². The van der Waals surface area contributed by atoms with Crippen LogP contribution in [-0.2, 0) is 14.2 Å². The van der Waals surface area contributed by atoms with E-state index in [-0.39, 0.29) is 17.4 Å². The van der Waals surface area contributed by atoms with E-state index in [0.717, 1.165) is 0 Å². The summed E-state index contributed by atoms with van der Waals surface area (Å²) in [5.41, 5.74) is -0.365. The Kier molecular flexibility index (Phi) is 9.87. The molecule has 122 valence electrons. The molecule has 6 heteroatoms. The van der Waals surface area contributed by atoms with Crippen LogP contribution < -0.4 is 0 Å². The third kappa shape index (κ3) is 7.71. The molecule has 1 atom stereocenters. The molecule has 0 bridgehead atoms. The second-order valence-electron chi connectivity index (χ2n) is 6.51. The van der Waals surface area contributed by atoms with Crippen molar-refractivity contribution in [3.05, 3.63) is 0 Å². The molecule has 0 saturated carbocycles. The van der Waals surface area contributed by atoms with E-state index in [1.807, 2.05) is 0 Å². The first-order valence-corrected chi connectivity index (χ1v) is 10.3. The van der Waals surface area contributed by atoms with Gasteiger partial charge in [0.1, 0.15) is 0 Å². The molecule has 0 saturated heterocycles. The third-order valence-corrected chi connectivity index (χ3v) is 9.72. The molecule has 0 aliphatic rings. The van der Waals surface area contributed by atoms with Crippen molar-refractivity contribution < 1.29 is 24.4 Å². The van der Waals surface area contributed by atoms with Gasteiger partial charge in [0.05, 0.1) is 60.0 Å². The van der Waals surface area contributed by atoms with Crippen molar-refractivity contribution in [3.63, 3.8) is 0 Å². The van der Waals surface area contributed by atoms with Crippen LogP contribution in [0.5, 0.6) is 0 Å². The van der Waals surface area contributed by atoms with Crippen molar-refractivity contribution in [1.29, 1.82) is 0 Å². The fraction of sp³-hybridized carbons (Fsp3) is 1.00. The minimum atomic E-state index is -1.75. The largest absolute Gasteiger partial charge is 0.394 e. The number of ether oxygens (including phenoxy) is 3. The molecular formula is C14H32O5Si. The molecule has 20 heavy (non-hydrogen) atoms. The van der Waals surface area contributed by atoms with E-state index in [4.69, 9.17) is 19.3 Å². The zero-order chi connectivity index (χ0) is 15.6. The molecule has 0 aromatic heterocycles. The zero-order valence-corrected chi connectivity index (χ0v) is 14.6. The molecule has 0 aliphatic heterocycles. The Morgan fingerprint density at radius 2 is 1.35 bits per heavy atom. The van der Waals surface area contributed by atoms with Crippen LogP contribution in [0.2, 0.25) is 18.1 Å². The molecule has 0 heterocycles. The van der Waals surface area contributed by atoms with Crippen LogP contribution in [0.3, 0.4) is 0 Å². The second-order valence-corrected chi connectivity index (χ2v) is 12.1. The first-order valence-electron chi connectivity index (χ1n) is 7.25. The van der Waals surface area contributed by atoms with Crippen LogP contribution in [0.4, 0.5) is 0 Å². The lowest BCUT2D eigenvalue weighted by molar-refractivity contribution is -0.00308. The molecule has 0 aromatic carbocycles. The molecular weight excluding hydrogens is 276 g/mol. The highest BCUT2D eigenvalue weighted by molar-refractivity contribution is 6.81. The van der Waals surface area contributed by atoms with Gasteiger partial charge >= 0.3 is 0 Å². The molecule has 0 aliphatic carbocycles. The summed E-state index contributed by atoms with van der Waals surface area (Å²) in [5.74, 6) is 0. The van der Waals surface area contributed by atoms with Crippen molar-refractivity contribution in [1.82, 2.24) is 0 Å². The zero-order valence-electron chi connectivity index (χ0n) is 13.6. The summed E-state index contributed by atoms with van der Waals surface area (Å²) in [6.07, 6.45) is 0. The summed E-state index contributed by atoms with van der Waals surface area (Å²) < 4.78 is 15.9. The normalized spacial score (nSPS) is 14.6. The van der Waals surface area contributed by atoms with Crippen molar-refractivity contribution in [2.24, 2.45) is 0 Å². The topological polar surface area (TPSA) is 68.2 Å². The van der Waals surface area contributed by atoms with E-state index >= 15 is 0 Å². The second kappa shape index (κ2) is 9.86. The maximum atomic E-state index is 10.3. The number of aliphatic hydroxyl groups is 2. The van der Waals surface area contributed by atoms with Gasteiger partial charge in [-0.1, -0.05) is 33.9 Å². The van der Waals surface area contributed by atoms with Crippen LogP contribution in [0.15, 0.2) is 0 Å². The first-order chi connectivity index (χ1) is 9.23. The predicted octanol–water partition coefficient (Wildman–Crippen LogP) is 1.44. The van der Waals surface area contributed by atoms with Gasteiger partial charge in [-0.25, -0.2) is 0 Å². The maximum Gasteiger partial charge on any atom is 0.0895 e. The lowest BCUT2D eigenvalue weighted by Gasteiger charge is -2.40. The van der Waals surface area contributed by atoms with Gasteiger partial charge in [0.25, 0.3) is 0 Å². The van der Waals surface area contributed by atoms with Crippen LogP contribution >= 0.6 is 0 Å². The molecule has 5 nitrogen and oxygen atoms in total. The molecule has 0 rings (SSSR count). The van der Waals surface area contributed by atoms with Gasteiger partial charge in [-0.2, -0.15) is 0 Å². The van der Waals surface area contributed by atoms with Gasteiger partial charge in [-0.15, -0.1) is 0 Å². The standard InChI is InChI=1S/C14H32O5Si/c1-14(2,3)20(4,5)13(16)12-19-11-10-18-9-8-17-7-6-15/h13,15-16H,6-12H2,1-5H3. The van der Waals surface area contributed by atoms with Crippen LogP contribution in [0, 0.1) is 0 Å². The summed E-state index contributed by atoms with van der Waals surface area (Å²) in [6, 6.07) is 0. The minimum Gasteiger partial charge on any atom is -0.394 e. The van der Waals surface area contributed by atoms with Gasteiger partial charge in [-0.05, 0) is 5.04 Å². The SMILES string of the molecule is CC(C)(C)[Si](C)(C)C(O)COCCOCCOCCO. The number of aliphatic hydroxyl groups excluding tert-OH is 2. The van der Waals surface area contributed by atoms with Crippen LogP contribution in [0.1, 0.15) is 20.8 Å². The quantitative estimate of drug-likeness (QED) is 0.446. The van der Waals surface area contributed by atoms with E-state index in [2.05, 4.69) is 33.9 Å². The monoisotopic (exact) mass is 308 g/mol. The van der Waals surface area contributed by atoms with E-state index in [1.165, 1.54) is 0 Å². The smallest absolute Gasteiger partial charge is 0.0895 e. The van der Waals surface area contributed by atoms with E-state index in [0.29, 0.717) is 39.6 Å². The minimum absolute atomic E-state index is 0.0362. The summed E-state index contributed by atoms with van der Waals surface area (Å²) in [7, 11) is -1.75. The Bertz CT molecular complexity index is 240. The van der Waals surface area contributed by atoms with Crippen LogP contribution in [-0.4, -0.2) is 70.3 Å². The third-order valence-electron chi connectivity index (χ3n) is 4.02. The summed E-state index contributed by atoms with van der Waals surface area (Å²) in [5, 5.41) is 18.9.